The maximum Gasteiger partial charge on any atom is 0.433 e. The van der Waals surface area contributed by atoms with Crippen molar-refractivity contribution in [3.8, 4) is 0 Å². The number of alkyl halides is 3. The van der Waals surface area contributed by atoms with Crippen molar-refractivity contribution < 1.29 is 17.9 Å². The zero-order valence-corrected chi connectivity index (χ0v) is 17.3. The standard InChI is InChI=1S/C22H23F3N6O/c23-22(24,25)21(27)15(10-26)20-14-9-12(31-5-7-32-8-6-31)1-2-13(14)19-16-11-28-30-17(16)3-4-18(19)29-20/h3-4,10-12,27H,1-2,5-9,26H2,(H,28,30)/b15-10-,27-21?. The van der Waals surface area contributed by atoms with Crippen molar-refractivity contribution in [2.75, 3.05) is 26.3 Å². The Morgan fingerprint density at radius 2 is 2.03 bits per heavy atom. The molecule has 0 radical (unpaired) electrons. The van der Waals surface area contributed by atoms with Gasteiger partial charge in [-0.1, -0.05) is 0 Å². The number of allylic oxidation sites excluding steroid dienone is 1. The number of nitrogens with zero attached hydrogens (tertiary/aromatic N) is 3. The van der Waals surface area contributed by atoms with Gasteiger partial charge in [-0.15, -0.1) is 0 Å². The number of ether oxygens (including phenoxy) is 1. The van der Waals surface area contributed by atoms with Gasteiger partial charge in [0.05, 0.1) is 36.1 Å². The third kappa shape index (κ3) is 3.43. The fourth-order valence-corrected chi connectivity index (χ4v) is 4.95. The van der Waals surface area contributed by atoms with E-state index >= 15 is 0 Å². The minimum atomic E-state index is -4.82. The molecular formula is C22H23F3N6O. The van der Waals surface area contributed by atoms with Gasteiger partial charge in [0, 0.05) is 41.7 Å². The van der Waals surface area contributed by atoms with Gasteiger partial charge in [0.2, 0.25) is 0 Å². The van der Waals surface area contributed by atoms with Gasteiger partial charge in [0.1, 0.15) is 5.71 Å². The predicted octanol–water partition coefficient (Wildman–Crippen LogP) is 3.18. The fraction of sp³-hybridized carbons (Fsp3) is 0.409. The van der Waals surface area contributed by atoms with Crippen molar-refractivity contribution in [2.24, 2.45) is 5.73 Å². The second-order valence-corrected chi connectivity index (χ2v) is 8.21. The van der Waals surface area contributed by atoms with Gasteiger partial charge in [-0.05, 0) is 42.5 Å². The van der Waals surface area contributed by atoms with Gasteiger partial charge >= 0.3 is 6.18 Å². The van der Waals surface area contributed by atoms with Gasteiger partial charge in [-0.25, -0.2) is 4.98 Å². The molecule has 4 N–H and O–H groups in total. The van der Waals surface area contributed by atoms with Crippen LogP contribution in [0.3, 0.4) is 0 Å². The number of rotatable bonds is 3. The largest absolute Gasteiger partial charge is 0.433 e. The Kier molecular flexibility index (Phi) is 5.13. The number of pyridine rings is 1. The highest BCUT2D eigenvalue weighted by atomic mass is 19.4. The van der Waals surface area contributed by atoms with Crippen LogP contribution in [0.15, 0.2) is 24.5 Å². The van der Waals surface area contributed by atoms with E-state index in [1.807, 2.05) is 6.07 Å². The Hall–Kier alpha value is -2.98. The molecule has 168 valence electrons. The monoisotopic (exact) mass is 444 g/mol. The summed E-state index contributed by atoms with van der Waals surface area (Å²) in [7, 11) is 0. The average Bonchev–Trinajstić information content (AvgIpc) is 3.28. The molecule has 3 aromatic rings. The van der Waals surface area contributed by atoms with E-state index in [1.165, 1.54) is 0 Å². The molecule has 0 spiro atoms. The molecule has 10 heteroatoms. The van der Waals surface area contributed by atoms with Crippen LogP contribution in [-0.2, 0) is 17.6 Å². The van der Waals surface area contributed by atoms with Crippen LogP contribution in [0, 0.1) is 5.41 Å². The van der Waals surface area contributed by atoms with Crippen LogP contribution in [0.4, 0.5) is 13.2 Å². The number of hydrogen-bond acceptors (Lipinski definition) is 6. The van der Waals surface area contributed by atoms with Crippen LogP contribution in [-0.4, -0.2) is 64.3 Å². The normalized spacial score (nSPS) is 20.6. The van der Waals surface area contributed by atoms with Crippen molar-refractivity contribution in [3.05, 3.63) is 41.4 Å². The average molecular weight is 444 g/mol. The molecule has 7 nitrogen and oxygen atoms in total. The van der Waals surface area contributed by atoms with Crippen molar-refractivity contribution in [1.29, 1.82) is 5.41 Å². The summed E-state index contributed by atoms with van der Waals surface area (Å²) < 4.78 is 45.9. The van der Waals surface area contributed by atoms with Gasteiger partial charge in [-0.3, -0.25) is 15.4 Å². The Morgan fingerprint density at radius 3 is 2.75 bits per heavy atom. The Morgan fingerprint density at radius 1 is 1.25 bits per heavy atom. The van der Waals surface area contributed by atoms with Crippen LogP contribution in [0.5, 0.6) is 0 Å². The van der Waals surface area contributed by atoms with Crippen molar-refractivity contribution in [1.82, 2.24) is 20.1 Å². The number of nitrogens with one attached hydrogen (secondary N) is 2. The highest BCUT2D eigenvalue weighted by Crippen LogP contribution is 2.39. The lowest BCUT2D eigenvalue weighted by Crippen LogP contribution is -2.46. The van der Waals surface area contributed by atoms with E-state index < -0.39 is 11.9 Å². The molecule has 1 saturated heterocycles. The maximum atomic E-state index is 13.5. The molecule has 1 atom stereocenters. The number of halogens is 3. The van der Waals surface area contributed by atoms with Crippen LogP contribution < -0.4 is 5.73 Å². The second-order valence-electron chi connectivity index (χ2n) is 8.21. The topological polar surface area (TPSA) is 104 Å². The van der Waals surface area contributed by atoms with Crippen molar-refractivity contribution >= 4 is 33.1 Å². The number of aryl methyl sites for hydroxylation is 1. The van der Waals surface area contributed by atoms with Crippen molar-refractivity contribution in [3.63, 3.8) is 0 Å². The van der Waals surface area contributed by atoms with Gasteiger partial charge in [-0.2, -0.15) is 18.3 Å². The Labute approximate surface area is 181 Å². The molecule has 3 heterocycles. The van der Waals surface area contributed by atoms with E-state index in [4.69, 9.17) is 15.9 Å². The predicted molar refractivity (Wildman–Crippen MR) is 116 cm³/mol. The Bertz CT molecular complexity index is 1230. The molecule has 32 heavy (non-hydrogen) atoms. The first-order valence-electron chi connectivity index (χ1n) is 10.6. The quantitative estimate of drug-likeness (QED) is 0.539. The van der Waals surface area contributed by atoms with Crippen molar-refractivity contribution in [2.45, 2.75) is 31.5 Å². The second kappa shape index (κ2) is 7.86. The minimum Gasteiger partial charge on any atom is -0.404 e. The molecule has 1 aliphatic heterocycles. The summed E-state index contributed by atoms with van der Waals surface area (Å²) in [4.78, 5) is 6.96. The van der Waals surface area contributed by atoms with Crippen LogP contribution in [0.2, 0.25) is 0 Å². The SMILES string of the molecule is N=C(/C(=C\N)c1nc2ccc3[nH]ncc3c2c2c1CC(N1CCOCC1)CC2)C(F)(F)F. The summed E-state index contributed by atoms with van der Waals surface area (Å²) in [6, 6.07) is 3.76. The van der Waals surface area contributed by atoms with Crippen LogP contribution in [0.25, 0.3) is 27.4 Å². The maximum absolute atomic E-state index is 13.5. The number of aromatic nitrogens is 3. The first-order chi connectivity index (χ1) is 15.4. The van der Waals surface area contributed by atoms with E-state index in [0.717, 1.165) is 53.1 Å². The third-order valence-electron chi connectivity index (χ3n) is 6.49. The third-order valence-corrected chi connectivity index (χ3v) is 6.49. The van der Waals surface area contributed by atoms with Gasteiger partial charge in [0.25, 0.3) is 0 Å². The molecule has 1 fully saturated rings. The van der Waals surface area contributed by atoms with E-state index in [9.17, 15) is 13.2 Å². The summed E-state index contributed by atoms with van der Waals surface area (Å²) in [6.45, 7) is 2.88. The van der Waals surface area contributed by atoms with E-state index in [0.29, 0.717) is 31.6 Å². The highest BCUT2D eigenvalue weighted by molar-refractivity contribution is 6.25. The molecule has 0 saturated carbocycles. The van der Waals surface area contributed by atoms with Gasteiger partial charge < -0.3 is 10.5 Å². The molecular weight excluding hydrogens is 421 g/mol. The highest BCUT2D eigenvalue weighted by Gasteiger charge is 2.39. The molecule has 1 unspecified atom stereocenters. The van der Waals surface area contributed by atoms with Crippen LogP contribution >= 0.6 is 0 Å². The number of benzene rings is 1. The van der Waals surface area contributed by atoms with Gasteiger partial charge in [0.15, 0.2) is 0 Å². The number of hydrogen-bond donors (Lipinski definition) is 3. The summed E-state index contributed by atoms with van der Waals surface area (Å²) in [5, 5.41) is 16.6. The molecule has 2 aliphatic rings. The van der Waals surface area contributed by atoms with E-state index in [2.05, 4.69) is 20.1 Å². The number of nitrogens with two attached hydrogens (primary N) is 1. The molecule has 2 aromatic heterocycles. The zero-order chi connectivity index (χ0) is 22.5. The van der Waals surface area contributed by atoms with E-state index in [-0.39, 0.29) is 17.3 Å². The lowest BCUT2D eigenvalue weighted by atomic mass is 9.82. The summed E-state index contributed by atoms with van der Waals surface area (Å²) in [5.41, 5.74) is 7.06. The number of fused-ring (bicyclic) bond motifs is 5. The number of morpholine rings is 1. The number of H-pyrrole nitrogens is 1. The molecule has 0 amide bonds. The summed E-state index contributed by atoms with van der Waals surface area (Å²) in [6.07, 6.45) is -0.0985. The summed E-state index contributed by atoms with van der Waals surface area (Å²) in [5.74, 6) is 0. The zero-order valence-electron chi connectivity index (χ0n) is 17.3. The first kappa shape index (κ1) is 20.9. The lowest BCUT2D eigenvalue weighted by Gasteiger charge is -2.38. The van der Waals surface area contributed by atoms with E-state index in [1.54, 1.807) is 12.3 Å². The fourth-order valence-electron chi connectivity index (χ4n) is 4.95. The first-order valence-corrected chi connectivity index (χ1v) is 10.6. The molecule has 0 bridgehead atoms. The molecule has 1 aromatic carbocycles. The smallest absolute Gasteiger partial charge is 0.404 e. The number of aromatic amines is 1. The minimum absolute atomic E-state index is 0.151. The summed E-state index contributed by atoms with van der Waals surface area (Å²) >= 11 is 0. The lowest BCUT2D eigenvalue weighted by molar-refractivity contribution is -0.0578. The Balaban J connectivity index is 1.71. The van der Waals surface area contributed by atoms with Crippen LogP contribution in [0.1, 0.15) is 23.2 Å². The molecule has 5 rings (SSSR count). The molecule has 1 aliphatic carbocycles.